The van der Waals surface area contributed by atoms with Crippen LogP contribution in [-0.2, 0) is 0 Å². The van der Waals surface area contributed by atoms with Gasteiger partial charge in [0.1, 0.15) is 11.8 Å². The van der Waals surface area contributed by atoms with Gasteiger partial charge in [-0.25, -0.2) is 9.97 Å². The van der Waals surface area contributed by atoms with Crippen molar-refractivity contribution in [1.29, 1.82) is 5.26 Å². The maximum atomic E-state index is 8.96. The number of anilines is 1. The molecule has 96 valence electrons. The van der Waals surface area contributed by atoms with Crippen LogP contribution in [0.3, 0.4) is 0 Å². The van der Waals surface area contributed by atoms with Gasteiger partial charge in [-0.15, -0.1) is 0 Å². The molecule has 5 heteroatoms. The molecule has 0 bridgehead atoms. The molecule has 2 heterocycles. The quantitative estimate of drug-likeness (QED) is 0.743. The summed E-state index contributed by atoms with van der Waals surface area (Å²) in [5.41, 5.74) is 1.28. The minimum atomic E-state index is 0.441. The minimum absolute atomic E-state index is 0.441. The molecule has 1 aromatic rings. The van der Waals surface area contributed by atoms with E-state index >= 15 is 0 Å². The van der Waals surface area contributed by atoms with Crippen LogP contribution in [0.2, 0.25) is 0 Å². The zero-order valence-electron chi connectivity index (χ0n) is 11.4. The predicted molar refractivity (Wildman–Crippen MR) is 70.4 cm³/mol. The first-order valence-electron chi connectivity index (χ1n) is 6.24. The van der Waals surface area contributed by atoms with Crippen molar-refractivity contribution in [2.24, 2.45) is 0 Å². The number of piperazine rings is 1. The van der Waals surface area contributed by atoms with Crippen LogP contribution in [0.4, 0.5) is 5.95 Å². The molecule has 0 radical (unpaired) electrons. The molecular formula is C13H19N5. The van der Waals surface area contributed by atoms with Crippen LogP contribution in [0.25, 0.3) is 0 Å². The molecule has 1 aliphatic rings. The van der Waals surface area contributed by atoms with Gasteiger partial charge in [-0.05, 0) is 33.9 Å². The molecule has 0 amide bonds. The van der Waals surface area contributed by atoms with Crippen molar-refractivity contribution >= 4 is 5.95 Å². The molecule has 0 aromatic carbocycles. The van der Waals surface area contributed by atoms with E-state index in [-0.39, 0.29) is 0 Å². The van der Waals surface area contributed by atoms with E-state index < -0.39 is 0 Å². The third kappa shape index (κ3) is 2.44. The molecule has 2 unspecified atom stereocenters. The summed E-state index contributed by atoms with van der Waals surface area (Å²) in [6, 6.07) is 4.73. The molecule has 0 aliphatic carbocycles. The third-order valence-corrected chi connectivity index (χ3v) is 3.60. The van der Waals surface area contributed by atoms with Gasteiger partial charge in [0.25, 0.3) is 0 Å². The standard InChI is InChI=1S/C13H19N5/c1-9-5-12(6-14)16-13(15-9)18-7-10(2)17(4)11(3)8-18/h5,10-11H,7-8H2,1-4H3. The Kier molecular flexibility index (Phi) is 3.48. The summed E-state index contributed by atoms with van der Waals surface area (Å²) >= 11 is 0. The SMILES string of the molecule is Cc1cc(C#N)nc(N2CC(C)N(C)C(C)C2)n1. The smallest absolute Gasteiger partial charge is 0.226 e. The van der Waals surface area contributed by atoms with Gasteiger partial charge >= 0.3 is 0 Å². The number of aromatic nitrogens is 2. The molecule has 0 spiro atoms. The topological polar surface area (TPSA) is 56.1 Å². The van der Waals surface area contributed by atoms with E-state index in [4.69, 9.17) is 5.26 Å². The van der Waals surface area contributed by atoms with Gasteiger partial charge in [-0.3, -0.25) is 4.90 Å². The summed E-state index contributed by atoms with van der Waals surface area (Å²) in [5.74, 6) is 0.679. The van der Waals surface area contributed by atoms with E-state index in [0.29, 0.717) is 23.7 Å². The van der Waals surface area contributed by atoms with Gasteiger partial charge in [-0.1, -0.05) is 0 Å². The maximum Gasteiger partial charge on any atom is 0.226 e. The van der Waals surface area contributed by atoms with Crippen molar-refractivity contribution in [3.05, 3.63) is 17.5 Å². The molecule has 5 nitrogen and oxygen atoms in total. The van der Waals surface area contributed by atoms with E-state index in [1.165, 1.54) is 0 Å². The monoisotopic (exact) mass is 245 g/mol. The lowest BCUT2D eigenvalue weighted by molar-refractivity contribution is 0.169. The zero-order valence-corrected chi connectivity index (χ0v) is 11.4. The number of nitrogens with zero attached hydrogens (tertiary/aromatic N) is 5. The Bertz CT molecular complexity index is 467. The first-order chi connectivity index (χ1) is 8.51. The van der Waals surface area contributed by atoms with Crippen LogP contribution in [0.1, 0.15) is 25.2 Å². The van der Waals surface area contributed by atoms with E-state index in [1.54, 1.807) is 6.07 Å². The molecule has 1 aromatic heterocycles. The molecule has 18 heavy (non-hydrogen) atoms. The molecule has 1 fully saturated rings. The summed E-state index contributed by atoms with van der Waals surface area (Å²) in [5, 5.41) is 8.96. The first kappa shape index (κ1) is 12.8. The maximum absolute atomic E-state index is 8.96. The second-order valence-electron chi connectivity index (χ2n) is 5.07. The highest BCUT2D eigenvalue weighted by atomic mass is 15.3. The molecule has 0 N–H and O–H groups in total. The zero-order chi connectivity index (χ0) is 13.3. The average molecular weight is 245 g/mol. The summed E-state index contributed by atoms with van der Waals surface area (Å²) < 4.78 is 0. The van der Waals surface area contributed by atoms with Crippen LogP contribution in [0, 0.1) is 18.3 Å². The van der Waals surface area contributed by atoms with Crippen LogP contribution < -0.4 is 4.90 Å². The number of aryl methyl sites for hydroxylation is 1. The number of nitriles is 1. The second-order valence-corrected chi connectivity index (χ2v) is 5.07. The van der Waals surface area contributed by atoms with Gasteiger partial charge < -0.3 is 4.90 Å². The van der Waals surface area contributed by atoms with E-state index in [0.717, 1.165) is 18.8 Å². The van der Waals surface area contributed by atoms with Crippen LogP contribution in [-0.4, -0.2) is 47.1 Å². The van der Waals surface area contributed by atoms with Gasteiger partial charge in [-0.2, -0.15) is 5.26 Å². The van der Waals surface area contributed by atoms with Gasteiger partial charge in [0, 0.05) is 30.9 Å². The van der Waals surface area contributed by atoms with Crippen LogP contribution in [0.5, 0.6) is 0 Å². The molecule has 2 atom stereocenters. The van der Waals surface area contributed by atoms with Crippen molar-refractivity contribution in [2.45, 2.75) is 32.9 Å². The Morgan fingerprint density at radius 2 is 1.89 bits per heavy atom. The third-order valence-electron chi connectivity index (χ3n) is 3.60. The fraction of sp³-hybridized carbons (Fsp3) is 0.615. The van der Waals surface area contributed by atoms with E-state index in [1.807, 2.05) is 6.92 Å². The average Bonchev–Trinajstić information content (AvgIpc) is 2.34. The Hall–Kier alpha value is -1.67. The number of rotatable bonds is 1. The molecule has 1 aliphatic heterocycles. The fourth-order valence-corrected chi connectivity index (χ4v) is 2.32. The minimum Gasteiger partial charge on any atom is -0.338 e. The molecular weight excluding hydrogens is 226 g/mol. The number of hydrogen-bond acceptors (Lipinski definition) is 5. The van der Waals surface area contributed by atoms with Crippen molar-refractivity contribution in [3.8, 4) is 6.07 Å². The Balaban J connectivity index is 2.27. The van der Waals surface area contributed by atoms with E-state index in [2.05, 4.69) is 46.7 Å². The summed E-state index contributed by atoms with van der Waals surface area (Å²) in [7, 11) is 2.14. The van der Waals surface area contributed by atoms with Crippen molar-refractivity contribution < 1.29 is 0 Å². The van der Waals surface area contributed by atoms with Crippen molar-refractivity contribution in [2.75, 3.05) is 25.0 Å². The summed E-state index contributed by atoms with van der Waals surface area (Å²) in [6.07, 6.45) is 0. The second kappa shape index (κ2) is 4.91. The highest BCUT2D eigenvalue weighted by molar-refractivity contribution is 5.37. The van der Waals surface area contributed by atoms with Crippen molar-refractivity contribution in [3.63, 3.8) is 0 Å². The van der Waals surface area contributed by atoms with Gasteiger partial charge in [0.15, 0.2) is 0 Å². The lowest BCUT2D eigenvalue weighted by Gasteiger charge is -2.42. The molecule has 2 rings (SSSR count). The van der Waals surface area contributed by atoms with Gasteiger partial charge in [0.2, 0.25) is 5.95 Å². The Labute approximate surface area is 108 Å². The number of hydrogen-bond donors (Lipinski definition) is 0. The predicted octanol–water partition coefficient (Wildman–Crippen LogP) is 1.19. The van der Waals surface area contributed by atoms with Crippen molar-refractivity contribution in [1.82, 2.24) is 14.9 Å². The van der Waals surface area contributed by atoms with Gasteiger partial charge in [0.05, 0.1) is 0 Å². The van der Waals surface area contributed by atoms with Crippen LogP contribution >= 0.6 is 0 Å². The lowest BCUT2D eigenvalue weighted by atomic mass is 10.1. The first-order valence-corrected chi connectivity index (χ1v) is 6.24. The summed E-state index contributed by atoms with van der Waals surface area (Å²) in [6.45, 7) is 8.09. The normalized spacial score (nSPS) is 24.9. The van der Waals surface area contributed by atoms with Crippen LogP contribution in [0.15, 0.2) is 6.07 Å². The summed E-state index contributed by atoms with van der Waals surface area (Å²) in [4.78, 5) is 13.3. The Morgan fingerprint density at radius 3 is 2.44 bits per heavy atom. The largest absolute Gasteiger partial charge is 0.338 e. The van der Waals surface area contributed by atoms with E-state index in [9.17, 15) is 0 Å². The molecule has 1 saturated heterocycles. The highest BCUT2D eigenvalue weighted by Gasteiger charge is 2.28. The number of likely N-dealkylation sites (N-methyl/N-ethyl adjacent to an activating group) is 1. The fourth-order valence-electron chi connectivity index (χ4n) is 2.32. The molecule has 0 saturated carbocycles. The highest BCUT2D eigenvalue weighted by Crippen LogP contribution is 2.18. The lowest BCUT2D eigenvalue weighted by Crippen LogP contribution is -2.55. The Morgan fingerprint density at radius 1 is 1.28 bits per heavy atom.